The average molecular weight is 354 g/mol. The second-order valence-corrected chi connectivity index (χ2v) is 8.78. The number of benzene rings is 2. The van der Waals surface area contributed by atoms with E-state index in [1.165, 1.54) is 0 Å². The Labute approximate surface area is 157 Å². The van der Waals surface area contributed by atoms with Gasteiger partial charge in [0.1, 0.15) is 17.4 Å². The Morgan fingerprint density at radius 2 is 1.62 bits per heavy atom. The van der Waals surface area contributed by atoms with Crippen molar-refractivity contribution >= 4 is 5.97 Å². The monoisotopic (exact) mass is 354 g/mol. The summed E-state index contributed by atoms with van der Waals surface area (Å²) in [7, 11) is 0. The van der Waals surface area contributed by atoms with E-state index in [1.54, 1.807) is 6.07 Å². The van der Waals surface area contributed by atoms with Crippen LogP contribution in [0, 0.1) is 5.41 Å². The molecule has 2 rings (SSSR count). The van der Waals surface area contributed by atoms with Gasteiger partial charge in [0, 0.05) is 5.56 Å². The summed E-state index contributed by atoms with van der Waals surface area (Å²) in [6.07, 6.45) is 0.681. The van der Waals surface area contributed by atoms with Gasteiger partial charge in [0.15, 0.2) is 0 Å². The number of hydrogen-bond acceptors (Lipinski definition) is 2. The maximum atomic E-state index is 11.8. The highest BCUT2D eigenvalue weighted by Gasteiger charge is 2.32. The van der Waals surface area contributed by atoms with E-state index in [9.17, 15) is 9.90 Å². The third-order valence-electron chi connectivity index (χ3n) is 4.51. The average Bonchev–Trinajstić information content (AvgIpc) is 2.53. The molecule has 2 aromatic carbocycles. The van der Waals surface area contributed by atoms with Crippen molar-refractivity contribution < 1.29 is 14.6 Å². The first-order valence-electron chi connectivity index (χ1n) is 9.10. The lowest BCUT2D eigenvalue weighted by Gasteiger charge is -2.35. The number of ether oxygens (including phenoxy) is 1. The molecule has 3 heteroatoms. The molecule has 1 atom stereocenters. The lowest BCUT2D eigenvalue weighted by Crippen LogP contribution is -2.26. The van der Waals surface area contributed by atoms with Gasteiger partial charge in [0.2, 0.25) is 0 Å². The smallest absolute Gasteiger partial charge is 0.339 e. The largest absolute Gasteiger partial charge is 0.485 e. The SMILES string of the molecule is CC(Oc1c(C(=O)O)cccc1C(C)(C)CC(C)(C)C)c1ccccc1. The molecule has 1 unspecified atom stereocenters. The number of carboxylic acid groups (broad SMARTS) is 1. The maximum absolute atomic E-state index is 11.8. The Hall–Kier alpha value is -2.29. The van der Waals surface area contributed by atoms with Crippen molar-refractivity contribution in [2.45, 2.75) is 59.5 Å². The molecule has 1 N–H and O–H groups in total. The molecule has 0 spiro atoms. The van der Waals surface area contributed by atoms with Crippen LogP contribution in [0.2, 0.25) is 0 Å². The molecule has 0 aliphatic rings. The summed E-state index contributed by atoms with van der Waals surface area (Å²) in [6.45, 7) is 12.8. The molecular weight excluding hydrogens is 324 g/mol. The van der Waals surface area contributed by atoms with Gasteiger partial charge >= 0.3 is 5.97 Å². The summed E-state index contributed by atoms with van der Waals surface area (Å²) in [5.41, 5.74) is 2.08. The van der Waals surface area contributed by atoms with Gasteiger partial charge in [-0.2, -0.15) is 0 Å². The van der Waals surface area contributed by atoms with E-state index in [2.05, 4.69) is 34.6 Å². The molecule has 0 aliphatic heterocycles. The van der Waals surface area contributed by atoms with Gasteiger partial charge < -0.3 is 9.84 Å². The van der Waals surface area contributed by atoms with Gasteiger partial charge in [-0.1, -0.05) is 77.1 Å². The number of hydrogen-bond donors (Lipinski definition) is 1. The van der Waals surface area contributed by atoms with Crippen LogP contribution in [0.1, 0.15) is 75.6 Å². The van der Waals surface area contributed by atoms with Crippen molar-refractivity contribution in [3.8, 4) is 5.75 Å². The molecule has 0 aromatic heterocycles. The van der Waals surface area contributed by atoms with Crippen LogP contribution in [0.15, 0.2) is 48.5 Å². The fourth-order valence-corrected chi connectivity index (χ4v) is 3.76. The van der Waals surface area contributed by atoms with Crippen LogP contribution in [0.4, 0.5) is 0 Å². The van der Waals surface area contributed by atoms with E-state index in [4.69, 9.17) is 4.74 Å². The number of carbonyl (C=O) groups is 1. The lowest BCUT2D eigenvalue weighted by molar-refractivity contribution is 0.0689. The first-order chi connectivity index (χ1) is 12.0. The van der Waals surface area contributed by atoms with E-state index >= 15 is 0 Å². The molecule has 0 amide bonds. The van der Waals surface area contributed by atoms with E-state index in [-0.39, 0.29) is 22.5 Å². The van der Waals surface area contributed by atoms with Crippen molar-refractivity contribution in [1.82, 2.24) is 0 Å². The topological polar surface area (TPSA) is 46.5 Å². The van der Waals surface area contributed by atoms with E-state index in [0.717, 1.165) is 17.5 Å². The van der Waals surface area contributed by atoms with Gasteiger partial charge in [0.05, 0.1) is 0 Å². The fourth-order valence-electron chi connectivity index (χ4n) is 3.76. The van der Waals surface area contributed by atoms with Crippen LogP contribution < -0.4 is 4.74 Å². The van der Waals surface area contributed by atoms with Gasteiger partial charge in [-0.25, -0.2) is 4.79 Å². The normalized spacial score (nSPS) is 13.3. The zero-order chi connectivity index (χ0) is 19.5. The summed E-state index contributed by atoms with van der Waals surface area (Å²) in [6, 6.07) is 15.3. The van der Waals surface area contributed by atoms with Crippen molar-refractivity contribution in [3.05, 3.63) is 65.2 Å². The molecule has 0 heterocycles. The summed E-state index contributed by atoms with van der Waals surface area (Å²) < 4.78 is 6.24. The Kier molecular flexibility index (Phi) is 5.80. The van der Waals surface area contributed by atoms with Crippen LogP contribution in [-0.2, 0) is 5.41 Å². The third-order valence-corrected chi connectivity index (χ3v) is 4.51. The standard InChI is InChI=1S/C23H30O3/c1-16(17-11-8-7-9-12-17)26-20-18(21(24)25)13-10-14-19(20)23(5,6)15-22(2,3)4/h7-14,16H,15H2,1-6H3,(H,24,25). The van der Waals surface area contributed by atoms with Crippen molar-refractivity contribution in [2.75, 3.05) is 0 Å². The summed E-state index contributed by atoms with van der Waals surface area (Å²) in [5, 5.41) is 9.69. The summed E-state index contributed by atoms with van der Waals surface area (Å²) in [4.78, 5) is 11.8. The van der Waals surface area contributed by atoms with Crippen LogP contribution in [-0.4, -0.2) is 11.1 Å². The molecular formula is C23H30O3. The zero-order valence-corrected chi connectivity index (χ0v) is 16.7. The number of aromatic carboxylic acids is 1. The number of para-hydroxylation sites is 1. The fraction of sp³-hybridized carbons (Fsp3) is 0.435. The quantitative estimate of drug-likeness (QED) is 0.668. The first kappa shape index (κ1) is 20.0. The van der Waals surface area contributed by atoms with Crippen molar-refractivity contribution in [2.24, 2.45) is 5.41 Å². The molecule has 0 saturated heterocycles. The Bertz CT molecular complexity index is 755. The van der Waals surface area contributed by atoms with E-state index in [1.807, 2.05) is 49.4 Å². The predicted molar refractivity (Wildman–Crippen MR) is 106 cm³/mol. The van der Waals surface area contributed by atoms with Crippen molar-refractivity contribution in [3.63, 3.8) is 0 Å². The van der Waals surface area contributed by atoms with Gasteiger partial charge in [-0.3, -0.25) is 0 Å². The lowest BCUT2D eigenvalue weighted by atomic mass is 9.71. The minimum absolute atomic E-state index is 0.116. The Morgan fingerprint density at radius 1 is 1.00 bits per heavy atom. The van der Waals surface area contributed by atoms with Gasteiger partial charge in [0.25, 0.3) is 0 Å². The highest BCUT2D eigenvalue weighted by Crippen LogP contribution is 2.42. The van der Waals surface area contributed by atoms with Crippen LogP contribution in [0.5, 0.6) is 5.75 Å². The molecule has 140 valence electrons. The second-order valence-electron chi connectivity index (χ2n) is 8.78. The second kappa shape index (κ2) is 7.53. The van der Waals surface area contributed by atoms with Gasteiger partial charge in [-0.15, -0.1) is 0 Å². The molecule has 26 heavy (non-hydrogen) atoms. The molecule has 2 aromatic rings. The van der Waals surface area contributed by atoms with Gasteiger partial charge in [-0.05, 0) is 35.8 Å². The Balaban J connectivity index is 2.50. The minimum atomic E-state index is -0.964. The molecule has 3 nitrogen and oxygen atoms in total. The van der Waals surface area contributed by atoms with Crippen LogP contribution in [0.25, 0.3) is 0 Å². The highest BCUT2D eigenvalue weighted by atomic mass is 16.5. The van der Waals surface area contributed by atoms with Crippen LogP contribution in [0.3, 0.4) is 0 Å². The van der Waals surface area contributed by atoms with Crippen LogP contribution >= 0.6 is 0 Å². The van der Waals surface area contributed by atoms with Crippen molar-refractivity contribution in [1.29, 1.82) is 0 Å². The number of rotatable bonds is 6. The minimum Gasteiger partial charge on any atom is -0.485 e. The number of carboxylic acids is 1. The highest BCUT2D eigenvalue weighted by molar-refractivity contribution is 5.91. The Morgan fingerprint density at radius 3 is 2.15 bits per heavy atom. The third kappa shape index (κ3) is 4.87. The van der Waals surface area contributed by atoms with E-state index < -0.39 is 5.97 Å². The zero-order valence-electron chi connectivity index (χ0n) is 16.7. The summed E-state index contributed by atoms with van der Waals surface area (Å²) >= 11 is 0. The molecule has 0 aliphatic carbocycles. The van der Waals surface area contributed by atoms with E-state index in [0.29, 0.717) is 5.75 Å². The summed E-state index contributed by atoms with van der Waals surface area (Å²) in [5.74, 6) is -0.487. The maximum Gasteiger partial charge on any atom is 0.339 e. The molecule has 0 saturated carbocycles. The predicted octanol–water partition coefficient (Wildman–Crippen LogP) is 6.24. The molecule has 0 fully saturated rings. The first-order valence-corrected chi connectivity index (χ1v) is 9.10. The molecule has 0 radical (unpaired) electrons. The molecule has 0 bridgehead atoms.